The van der Waals surface area contributed by atoms with Crippen LogP contribution in [-0.2, 0) is 11.2 Å². The first-order valence-corrected chi connectivity index (χ1v) is 5.83. The van der Waals surface area contributed by atoms with Crippen LogP contribution in [0.1, 0.15) is 0 Å². The summed E-state index contributed by atoms with van der Waals surface area (Å²) in [5.41, 5.74) is 0. The topological polar surface area (TPSA) is 50.8 Å². The summed E-state index contributed by atoms with van der Waals surface area (Å²) in [6, 6.07) is 3.36. The molecule has 5 heteroatoms. The molecular formula is C10H14O4S. The van der Waals surface area contributed by atoms with E-state index < -0.39 is 11.2 Å². The van der Waals surface area contributed by atoms with Gasteiger partial charge in [0, 0.05) is 12.1 Å². The highest BCUT2D eigenvalue weighted by Gasteiger charge is 2.17. The highest BCUT2D eigenvalue weighted by Crippen LogP contribution is 2.39. The maximum atomic E-state index is 11.3. The summed E-state index contributed by atoms with van der Waals surface area (Å²) >= 11 is -1.08. The van der Waals surface area contributed by atoms with Gasteiger partial charge in [0.05, 0.1) is 21.3 Å². The molecule has 0 N–H and O–H groups in total. The third-order valence-electron chi connectivity index (χ3n) is 1.97. The van der Waals surface area contributed by atoms with E-state index in [4.69, 9.17) is 14.2 Å². The van der Waals surface area contributed by atoms with E-state index in [2.05, 4.69) is 0 Å². The van der Waals surface area contributed by atoms with Crippen LogP contribution in [0.2, 0.25) is 0 Å². The number of hydrogen-bond donors (Lipinski definition) is 0. The number of ether oxygens (including phenoxy) is 3. The van der Waals surface area contributed by atoms with E-state index in [1.165, 1.54) is 21.3 Å². The molecule has 1 unspecified atom stereocenters. The van der Waals surface area contributed by atoms with Crippen molar-refractivity contribution in [3.05, 3.63) is 12.1 Å². The van der Waals surface area contributed by atoms with Gasteiger partial charge in [-0.15, -0.1) is 0 Å². The van der Waals surface area contributed by atoms with Gasteiger partial charge in [-0.2, -0.15) is 0 Å². The lowest BCUT2D eigenvalue weighted by atomic mass is 10.3. The molecule has 15 heavy (non-hydrogen) atoms. The maximum Gasteiger partial charge on any atom is 0.203 e. The Morgan fingerprint density at radius 3 is 1.73 bits per heavy atom. The summed E-state index contributed by atoms with van der Waals surface area (Å²) in [4.78, 5) is 0.643. The summed E-state index contributed by atoms with van der Waals surface area (Å²) < 4.78 is 26.7. The Morgan fingerprint density at radius 1 is 1.00 bits per heavy atom. The third kappa shape index (κ3) is 2.49. The summed E-state index contributed by atoms with van der Waals surface area (Å²) in [6.45, 7) is 0. The molecule has 1 aromatic carbocycles. The minimum Gasteiger partial charge on any atom is -0.612 e. The molecule has 1 atom stereocenters. The van der Waals surface area contributed by atoms with E-state index in [9.17, 15) is 4.55 Å². The van der Waals surface area contributed by atoms with Crippen molar-refractivity contribution in [1.82, 2.24) is 0 Å². The Morgan fingerprint density at radius 2 is 1.47 bits per heavy atom. The molecule has 0 aliphatic rings. The lowest BCUT2D eigenvalue weighted by molar-refractivity contribution is 0.323. The van der Waals surface area contributed by atoms with Crippen molar-refractivity contribution >= 4 is 11.2 Å². The van der Waals surface area contributed by atoms with E-state index in [0.29, 0.717) is 22.1 Å². The monoisotopic (exact) mass is 230 g/mol. The van der Waals surface area contributed by atoms with Gasteiger partial charge in [0.15, 0.2) is 16.4 Å². The molecule has 0 fully saturated rings. The average Bonchev–Trinajstić information content (AvgIpc) is 2.26. The van der Waals surface area contributed by atoms with E-state index in [1.54, 1.807) is 18.4 Å². The first-order valence-electron chi connectivity index (χ1n) is 4.27. The van der Waals surface area contributed by atoms with Gasteiger partial charge in [0.1, 0.15) is 6.26 Å². The molecule has 0 saturated heterocycles. The van der Waals surface area contributed by atoms with Gasteiger partial charge in [0.25, 0.3) is 0 Å². The minimum absolute atomic E-state index is 0.509. The summed E-state index contributed by atoms with van der Waals surface area (Å²) in [5.74, 6) is 1.54. The second kappa shape index (κ2) is 5.14. The number of methoxy groups -OCH3 is 3. The fourth-order valence-electron chi connectivity index (χ4n) is 1.22. The van der Waals surface area contributed by atoms with Crippen molar-refractivity contribution in [3.63, 3.8) is 0 Å². The van der Waals surface area contributed by atoms with Crippen LogP contribution in [-0.4, -0.2) is 32.1 Å². The van der Waals surface area contributed by atoms with Gasteiger partial charge in [-0.1, -0.05) is 0 Å². The Kier molecular flexibility index (Phi) is 4.11. The molecule has 0 aliphatic heterocycles. The first-order chi connectivity index (χ1) is 7.13. The predicted molar refractivity (Wildman–Crippen MR) is 58.4 cm³/mol. The zero-order valence-electron chi connectivity index (χ0n) is 9.20. The molecule has 0 aromatic heterocycles. The van der Waals surface area contributed by atoms with Crippen LogP contribution in [0.3, 0.4) is 0 Å². The van der Waals surface area contributed by atoms with Crippen LogP contribution in [0.15, 0.2) is 17.0 Å². The average molecular weight is 230 g/mol. The molecule has 0 aliphatic carbocycles. The van der Waals surface area contributed by atoms with Gasteiger partial charge in [-0.25, -0.2) is 0 Å². The minimum atomic E-state index is -1.08. The van der Waals surface area contributed by atoms with Crippen molar-refractivity contribution in [2.75, 3.05) is 27.6 Å². The molecule has 1 rings (SSSR count). The van der Waals surface area contributed by atoms with E-state index >= 15 is 0 Å². The number of benzene rings is 1. The Hall–Kier alpha value is -1.07. The van der Waals surface area contributed by atoms with Crippen molar-refractivity contribution in [1.29, 1.82) is 0 Å². The first kappa shape index (κ1) is 12.0. The van der Waals surface area contributed by atoms with Gasteiger partial charge < -0.3 is 18.8 Å². The Balaban J connectivity index is 3.29. The predicted octanol–water partition coefficient (Wildman–Crippen LogP) is 1.45. The largest absolute Gasteiger partial charge is 0.612 e. The second-order valence-electron chi connectivity index (χ2n) is 2.82. The SMILES string of the molecule is COc1cc([S+](C)[O-])cc(OC)c1OC. The fraction of sp³-hybridized carbons (Fsp3) is 0.400. The maximum absolute atomic E-state index is 11.3. The molecule has 1 aromatic rings. The van der Waals surface area contributed by atoms with Crippen LogP contribution in [0.4, 0.5) is 0 Å². The van der Waals surface area contributed by atoms with Crippen molar-refractivity contribution in [2.45, 2.75) is 4.90 Å². The second-order valence-corrected chi connectivity index (χ2v) is 4.19. The highest BCUT2D eigenvalue weighted by atomic mass is 32.2. The molecular weight excluding hydrogens is 216 g/mol. The number of hydrogen-bond acceptors (Lipinski definition) is 4. The van der Waals surface area contributed by atoms with Crippen molar-refractivity contribution < 1.29 is 18.8 Å². The van der Waals surface area contributed by atoms with Gasteiger partial charge in [-0.3, -0.25) is 0 Å². The molecule has 0 spiro atoms. The van der Waals surface area contributed by atoms with Crippen LogP contribution in [0, 0.1) is 0 Å². The fourth-order valence-corrected chi connectivity index (χ4v) is 1.77. The molecule has 0 radical (unpaired) electrons. The zero-order valence-corrected chi connectivity index (χ0v) is 10.0. The van der Waals surface area contributed by atoms with Crippen LogP contribution in [0.25, 0.3) is 0 Å². The standard InChI is InChI=1S/C10H14O4S/c1-12-8-5-7(15(4)11)6-9(13-2)10(8)14-3/h5-6H,1-4H3. The Bertz CT molecular complexity index is 313. The lowest BCUT2D eigenvalue weighted by Gasteiger charge is -2.13. The van der Waals surface area contributed by atoms with Gasteiger partial charge >= 0.3 is 0 Å². The molecule has 4 nitrogen and oxygen atoms in total. The zero-order chi connectivity index (χ0) is 11.4. The molecule has 0 amide bonds. The molecule has 84 valence electrons. The van der Waals surface area contributed by atoms with Crippen molar-refractivity contribution in [3.8, 4) is 17.2 Å². The van der Waals surface area contributed by atoms with Crippen molar-refractivity contribution in [2.24, 2.45) is 0 Å². The molecule has 0 heterocycles. The lowest BCUT2D eigenvalue weighted by Crippen LogP contribution is -2.01. The van der Waals surface area contributed by atoms with E-state index in [-0.39, 0.29) is 0 Å². The van der Waals surface area contributed by atoms with Crippen LogP contribution in [0.5, 0.6) is 17.2 Å². The quantitative estimate of drug-likeness (QED) is 0.735. The highest BCUT2D eigenvalue weighted by molar-refractivity contribution is 7.90. The summed E-state index contributed by atoms with van der Waals surface area (Å²) in [7, 11) is 4.59. The number of rotatable bonds is 4. The normalized spacial score (nSPS) is 12.1. The molecule has 0 bridgehead atoms. The van der Waals surface area contributed by atoms with Crippen LogP contribution >= 0.6 is 0 Å². The smallest absolute Gasteiger partial charge is 0.203 e. The summed E-state index contributed by atoms with van der Waals surface area (Å²) in [6.07, 6.45) is 1.60. The molecule has 0 saturated carbocycles. The van der Waals surface area contributed by atoms with Gasteiger partial charge in [0.2, 0.25) is 5.75 Å². The summed E-state index contributed by atoms with van der Waals surface area (Å²) in [5, 5.41) is 0. The third-order valence-corrected chi connectivity index (χ3v) is 2.87. The van der Waals surface area contributed by atoms with E-state index in [1.807, 2.05) is 0 Å². The van der Waals surface area contributed by atoms with Gasteiger partial charge in [-0.05, 0) is 11.2 Å². The van der Waals surface area contributed by atoms with Crippen LogP contribution < -0.4 is 14.2 Å². The van der Waals surface area contributed by atoms with E-state index in [0.717, 1.165) is 0 Å². The Labute approximate surface area is 92.3 Å².